The van der Waals surface area contributed by atoms with Crippen LogP contribution in [0.4, 0.5) is 0 Å². The van der Waals surface area contributed by atoms with Crippen molar-refractivity contribution in [2.45, 2.75) is 32.4 Å². The first-order valence-corrected chi connectivity index (χ1v) is 5.26. The summed E-state index contributed by atoms with van der Waals surface area (Å²) in [7, 11) is 0. The lowest BCUT2D eigenvalue weighted by molar-refractivity contribution is 0.127. The summed E-state index contributed by atoms with van der Waals surface area (Å²) in [4.78, 5) is 0. The Hall–Kier alpha value is -0.860. The van der Waals surface area contributed by atoms with Crippen LogP contribution < -0.4 is 5.32 Å². The molecule has 0 saturated heterocycles. The van der Waals surface area contributed by atoms with Crippen LogP contribution in [0.5, 0.6) is 0 Å². The number of benzene rings is 1. The van der Waals surface area contributed by atoms with Gasteiger partial charge in [0.2, 0.25) is 0 Å². The average Bonchev–Trinajstić information content (AvgIpc) is 2.26. The third-order valence-corrected chi connectivity index (χ3v) is 2.43. The minimum Gasteiger partial charge on any atom is -0.387 e. The first-order valence-electron chi connectivity index (χ1n) is 5.26. The topological polar surface area (TPSA) is 32.3 Å². The van der Waals surface area contributed by atoms with E-state index in [9.17, 15) is 5.11 Å². The smallest absolute Gasteiger partial charge is 0.0942 e. The van der Waals surface area contributed by atoms with Crippen LogP contribution in [0.15, 0.2) is 30.3 Å². The third-order valence-electron chi connectivity index (χ3n) is 2.43. The van der Waals surface area contributed by atoms with E-state index in [1.807, 2.05) is 30.3 Å². The van der Waals surface area contributed by atoms with Crippen molar-refractivity contribution in [2.75, 3.05) is 6.54 Å². The molecule has 0 radical (unpaired) electrons. The van der Waals surface area contributed by atoms with E-state index in [1.54, 1.807) is 0 Å². The minimum atomic E-state index is -0.402. The predicted octanol–water partition coefficient (Wildman–Crippen LogP) is 2.11. The Kier molecular flexibility index (Phi) is 4.63. The second kappa shape index (κ2) is 5.78. The van der Waals surface area contributed by atoms with Crippen LogP contribution >= 0.6 is 0 Å². The number of likely N-dealkylation sites (N-methyl/N-ethyl adjacent to an activating group) is 1. The summed E-state index contributed by atoms with van der Waals surface area (Å²) in [6.45, 7) is 5.03. The van der Waals surface area contributed by atoms with Gasteiger partial charge in [0.25, 0.3) is 0 Å². The minimum absolute atomic E-state index is 0.155. The maximum Gasteiger partial charge on any atom is 0.0942 e. The Morgan fingerprint density at radius 1 is 1.21 bits per heavy atom. The highest BCUT2D eigenvalue weighted by Gasteiger charge is 2.17. The summed E-state index contributed by atoms with van der Waals surface area (Å²) in [5.74, 6) is 0. The van der Waals surface area contributed by atoms with Crippen LogP contribution in [0.3, 0.4) is 0 Å². The first kappa shape index (κ1) is 11.2. The molecule has 0 fully saturated rings. The molecule has 1 rings (SSSR count). The van der Waals surface area contributed by atoms with Crippen LogP contribution in [-0.2, 0) is 0 Å². The molecule has 1 aromatic rings. The van der Waals surface area contributed by atoms with E-state index >= 15 is 0 Å². The molecule has 0 aliphatic heterocycles. The zero-order chi connectivity index (χ0) is 10.4. The molecule has 0 amide bonds. The standard InChI is InChI=1S/C12H19NO/c1-3-11(13-4-2)12(14)10-8-6-5-7-9-10/h5-9,11-14H,3-4H2,1-2H3/t11-,12-/m0/s1. The van der Waals surface area contributed by atoms with Gasteiger partial charge in [-0.2, -0.15) is 0 Å². The lowest BCUT2D eigenvalue weighted by atomic mass is 10.0. The number of hydrogen-bond donors (Lipinski definition) is 2. The molecule has 2 N–H and O–H groups in total. The fourth-order valence-corrected chi connectivity index (χ4v) is 1.62. The van der Waals surface area contributed by atoms with Gasteiger partial charge in [0, 0.05) is 6.04 Å². The number of nitrogens with one attached hydrogen (secondary N) is 1. The van der Waals surface area contributed by atoms with Crippen LogP contribution in [-0.4, -0.2) is 17.7 Å². The molecule has 78 valence electrons. The van der Waals surface area contributed by atoms with Crippen molar-refractivity contribution < 1.29 is 5.11 Å². The zero-order valence-corrected chi connectivity index (χ0v) is 8.90. The van der Waals surface area contributed by atoms with Crippen molar-refractivity contribution in [1.82, 2.24) is 5.32 Å². The summed E-state index contributed by atoms with van der Waals surface area (Å²) < 4.78 is 0. The van der Waals surface area contributed by atoms with Gasteiger partial charge >= 0.3 is 0 Å². The molecule has 0 saturated carbocycles. The molecule has 0 heterocycles. The molecule has 2 heteroatoms. The van der Waals surface area contributed by atoms with Gasteiger partial charge in [0.1, 0.15) is 0 Å². The summed E-state index contributed by atoms with van der Waals surface area (Å²) in [5.41, 5.74) is 0.986. The molecule has 0 unspecified atom stereocenters. The Bertz CT molecular complexity index is 248. The predicted molar refractivity (Wildman–Crippen MR) is 59.2 cm³/mol. The molecule has 0 bridgehead atoms. The van der Waals surface area contributed by atoms with Gasteiger partial charge in [0.15, 0.2) is 0 Å². The Labute approximate surface area is 86.0 Å². The third kappa shape index (κ3) is 2.82. The van der Waals surface area contributed by atoms with Gasteiger partial charge in [-0.3, -0.25) is 0 Å². The van der Waals surface area contributed by atoms with Crippen molar-refractivity contribution in [3.8, 4) is 0 Å². The molecule has 0 spiro atoms. The fraction of sp³-hybridized carbons (Fsp3) is 0.500. The highest BCUT2D eigenvalue weighted by atomic mass is 16.3. The fourth-order valence-electron chi connectivity index (χ4n) is 1.62. The molecule has 0 aliphatic rings. The molecule has 14 heavy (non-hydrogen) atoms. The molecular formula is C12H19NO. The second-order valence-corrected chi connectivity index (χ2v) is 3.43. The number of aliphatic hydroxyl groups excluding tert-OH is 1. The van der Waals surface area contributed by atoms with E-state index in [-0.39, 0.29) is 6.04 Å². The first-order chi connectivity index (χ1) is 6.79. The summed E-state index contributed by atoms with van der Waals surface area (Å²) in [5, 5.41) is 13.3. The van der Waals surface area contributed by atoms with Gasteiger partial charge in [-0.05, 0) is 18.5 Å². The van der Waals surface area contributed by atoms with E-state index in [4.69, 9.17) is 0 Å². The maximum absolute atomic E-state index is 10.0. The number of aliphatic hydroxyl groups is 1. The lowest BCUT2D eigenvalue weighted by Crippen LogP contribution is -2.34. The van der Waals surface area contributed by atoms with Crippen LogP contribution in [0.2, 0.25) is 0 Å². The normalized spacial score (nSPS) is 15.1. The van der Waals surface area contributed by atoms with Crippen molar-refractivity contribution in [2.24, 2.45) is 0 Å². The van der Waals surface area contributed by atoms with Gasteiger partial charge < -0.3 is 10.4 Å². The van der Waals surface area contributed by atoms with E-state index in [0.29, 0.717) is 0 Å². The van der Waals surface area contributed by atoms with Crippen molar-refractivity contribution >= 4 is 0 Å². The Balaban J connectivity index is 2.67. The van der Waals surface area contributed by atoms with Crippen molar-refractivity contribution in [3.63, 3.8) is 0 Å². The molecule has 2 nitrogen and oxygen atoms in total. The van der Waals surface area contributed by atoms with E-state index in [2.05, 4.69) is 19.2 Å². The van der Waals surface area contributed by atoms with E-state index < -0.39 is 6.10 Å². The highest BCUT2D eigenvalue weighted by molar-refractivity contribution is 5.18. The summed E-state index contributed by atoms with van der Waals surface area (Å²) in [6, 6.07) is 9.95. The monoisotopic (exact) mass is 193 g/mol. The summed E-state index contributed by atoms with van der Waals surface area (Å²) >= 11 is 0. The second-order valence-electron chi connectivity index (χ2n) is 3.43. The average molecular weight is 193 g/mol. The maximum atomic E-state index is 10.0. The molecule has 2 atom stereocenters. The van der Waals surface area contributed by atoms with Crippen LogP contribution in [0.1, 0.15) is 31.9 Å². The van der Waals surface area contributed by atoms with Gasteiger partial charge in [-0.15, -0.1) is 0 Å². The van der Waals surface area contributed by atoms with Crippen LogP contribution in [0.25, 0.3) is 0 Å². The Morgan fingerprint density at radius 3 is 2.36 bits per heavy atom. The van der Waals surface area contributed by atoms with Crippen LogP contribution in [0, 0.1) is 0 Å². The quantitative estimate of drug-likeness (QED) is 0.750. The lowest BCUT2D eigenvalue weighted by Gasteiger charge is -2.22. The zero-order valence-electron chi connectivity index (χ0n) is 8.90. The SMILES string of the molecule is CCN[C@@H](CC)[C@@H](O)c1ccccc1. The van der Waals surface area contributed by atoms with Crippen molar-refractivity contribution in [3.05, 3.63) is 35.9 Å². The van der Waals surface area contributed by atoms with Crippen molar-refractivity contribution in [1.29, 1.82) is 0 Å². The molecular weight excluding hydrogens is 174 g/mol. The summed E-state index contributed by atoms with van der Waals surface area (Å²) in [6.07, 6.45) is 0.533. The van der Waals surface area contributed by atoms with Gasteiger partial charge in [0.05, 0.1) is 6.10 Å². The van der Waals surface area contributed by atoms with Gasteiger partial charge in [-0.25, -0.2) is 0 Å². The number of hydrogen-bond acceptors (Lipinski definition) is 2. The molecule has 0 aliphatic carbocycles. The van der Waals surface area contributed by atoms with E-state index in [1.165, 1.54) is 0 Å². The highest BCUT2D eigenvalue weighted by Crippen LogP contribution is 2.18. The number of rotatable bonds is 5. The molecule has 1 aromatic carbocycles. The van der Waals surface area contributed by atoms with Gasteiger partial charge in [-0.1, -0.05) is 44.2 Å². The Morgan fingerprint density at radius 2 is 1.86 bits per heavy atom. The molecule has 0 aromatic heterocycles. The van der Waals surface area contributed by atoms with E-state index in [0.717, 1.165) is 18.5 Å². The largest absolute Gasteiger partial charge is 0.387 e.